The number of fused-ring (bicyclic) bond motifs is 1. The van der Waals surface area contributed by atoms with Crippen LogP contribution in [0.1, 0.15) is 27.9 Å². The highest BCUT2D eigenvalue weighted by atomic mass is 32.1. The van der Waals surface area contributed by atoms with E-state index in [4.69, 9.17) is 4.74 Å². The van der Waals surface area contributed by atoms with E-state index in [1.807, 2.05) is 25.1 Å². The van der Waals surface area contributed by atoms with Gasteiger partial charge >= 0.3 is 6.18 Å². The largest absolute Gasteiger partial charge is 0.416 e. The Bertz CT molecular complexity index is 1080. The predicted octanol–water partition coefficient (Wildman–Crippen LogP) is 4.99. The minimum Gasteiger partial charge on any atom is -0.379 e. The highest BCUT2D eigenvalue weighted by Crippen LogP contribution is 2.32. The normalized spacial score (nSPS) is 15.2. The number of rotatable bonds is 6. The van der Waals surface area contributed by atoms with E-state index in [9.17, 15) is 18.0 Å². The van der Waals surface area contributed by atoms with Gasteiger partial charge in [-0.3, -0.25) is 14.6 Å². The van der Waals surface area contributed by atoms with Crippen molar-refractivity contribution in [2.75, 3.05) is 44.3 Å². The summed E-state index contributed by atoms with van der Waals surface area (Å²) in [6, 6.07) is 10.3. The molecule has 0 bridgehead atoms. The van der Waals surface area contributed by atoms with Crippen molar-refractivity contribution < 1.29 is 22.7 Å². The Labute approximate surface area is 188 Å². The summed E-state index contributed by atoms with van der Waals surface area (Å²) in [6.45, 7) is 6.34. The molecule has 0 N–H and O–H groups in total. The van der Waals surface area contributed by atoms with Crippen LogP contribution in [0, 0.1) is 6.92 Å². The zero-order valence-corrected chi connectivity index (χ0v) is 18.5. The average molecular weight is 464 g/mol. The van der Waals surface area contributed by atoms with Crippen LogP contribution in [0.5, 0.6) is 0 Å². The zero-order valence-electron chi connectivity index (χ0n) is 17.7. The standard InChI is InChI=1S/C23H24F3N3O2S/c1-16-3-8-19-20(15-16)32-22(27-19)29(10-2-9-28-11-13-31-14-12-28)21(30)17-4-6-18(7-5-17)23(24,25)26/h3-8,15H,2,9-14H2,1H3. The summed E-state index contributed by atoms with van der Waals surface area (Å²) < 4.78 is 45.1. The number of hydrogen-bond acceptors (Lipinski definition) is 5. The summed E-state index contributed by atoms with van der Waals surface area (Å²) in [4.78, 5) is 21.8. The summed E-state index contributed by atoms with van der Waals surface area (Å²) in [7, 11) is 0. The third-order valence-electron chi connectivity index (χ3n) is 5.43. The molecule has 4 rings (SSSR count). The van der Waals surface area contributed by atoms with Crippen LogP contribution in [-0.4, -0.2) is 55.2 Å². The SMILES string of the molecule is Cc1ccc2nc(N(CCCN3CCOCC3)C(=O)c3ccc(C(F)(F)F)cc3)sc2c1. The molecule has 1 fully saturated rings. The molecule has 9 heteroatoms. The number of amides is 1. The third-order valence-corrected chi connectivity index (χ3v) is 6.47. The number of aryl methyl sites for hydroxylation is 1. The fourth-order valence-corrected chi connectivity index (χ4v) is 4.74. The van der Waals surface area contributed by atoms with Gasteiger partial charge < -0.3 is 4.74 Å². The molecule has 2 aromatic carbocycles. The number of thiazole rings is 1. The Morgan fingerprint density at radius 1 is 1.16 bits per heavy atom. The predicted molar refractivity (Wildman–Crippen MR) is 119 cm³/mol. The molecule has 1 aromatic heterocycles. The molecule has 1 aliphatic rings. The number of morpholine rings is 1. The Hall–Kier alpha value is -2.49. The first-order valence-corrected chi connectivity index (χ1v) is 11.3. The molecule has 0 aliphatic carbocycles. The van der Waals surface area contributed by atoms with E-state index in [0.717, 1.165) is 54.0 Å². The molecule has 3 aromatic rings. The van der Waals surface area contributed by atoms with Crippen LogP contribution >= 0.6 is 11.3 Å². The van der Waals surface area contributed by atoms with Crippen LogP contribution in [0.25, 0.3) is 10.2 Å². The van der Waals surface area contributed by atoms with Gasteiger partial charge in [-0.05, 0) is 55.3 Å². The van der Waals surface area contributed by atoms with Crippen molar-refractivity contribution in [3.05, 3.63) is 59.2 Å². The van der Waals surface area contributed by atoms with E-state index < -0.39 is 11.7 Å². The average Bonchev–Trinajstić information content (AvgIpc) is 3.19. The first-order chi connectivity index (χ1) is 15.3. The Morgan fingerprint density at radius 3 is 2.56 bits per heavy atom. The van der Waals surface area contributed by atoms with Gasteiger partial charge in [-0.15, -0.1) is 0 Å². The number of halogens is 3. The number of aromatic nitrogens is 1. The van der Waals surface area contributed by atoms with Crippen LogP contribution < -0.4 is 4.90 Å². The zero-order chi connectivity index (χ0) is 22.7. The quantitative estimate of drug-likeness (QED) is 0.517. The lowest BCUT2D eigenvalue weighted by Gasteiger charge is -2.27. The second-order valence-electron chi connectivity index (χ2n) is 7.81. The highest BCUT2D eigenvalue weighted by Gasteiger charge is 2.31. The molecule has 0 saturated carbocycles. The van der Waals surface area contributed by atoms with E-state index in [1.54, 1.807) is 4.90 Å². The first-order valence-electron chi connectivity index (χ1n) is 10.5. The highest BCUT2D eigenvalue weighted by molar-refractivity contribution is 7.22. The lowest BCUT2D eigenvalue weighted by molar-refractivity contribution is -0.137. The molecule has 32 heavy (non-hydrogen) atoms. The lowest BCUT2D eigenvalue weighted by atomic mass is 10.1. The molecule has 0 unspecified atom stereocenters. The summed E-state index contributed by atoms with van der Waals surface area (Å²) in [6.07, 6.45) is -3.72. The number of ether oxygens (including phenoxy) is 1. The maximum atomic E-state index is 13.3. The van der Waals surface area contributed by atoms with E-state index in [0.29, 0.717) is 24.9 Å². The molecule has 0 radical (unpaired) electrons. The number of carbonyl (C=O) groups is 1. The summed E-state index contributed by atoms with van der Waals surface area (Å²) in [5.41, 5.74) is 1.33. The van der Waals surface area contributed by atoms with Crippen LogP contribution in [0.2, 0.25) is 0 Å². The molecule has 1 saturated heterocycles. The van der Waals surface area contributed by atoms with Gasteiger partial charge in [-0.25, -0.2) is 4.98 Å². The molecular weight excluding hydrogens is 439 g/mol. The molecular formula is C23H24F3N3O2S. The molecule has 2 heterocycles. The molecule has 1 amide bonds. The van der Waals surface area contributed by atoms with Crippen LogP contribution in [0.15, 0.2) is 42.5 Å². The fraction of sp³-hybridized carbons (Fsp3) is 0.391. The molecule has 5 nitrogen and oxygen atoms in total. The maximum Gasteiger partial charge on any atom is 0.416 e. The van der Waals surface area contributed by atoms with E-state index in [2.05, 4.69) is 9.88 Å². The van der Waals surface area contributed by atoms with E-state index in [-0.39, 0.29) is 11.5 Å². The first kappa shape index (κ1) is 22.7. The van der Waals surface area contributed by atoms with Crippen molar-refractivity contribution in [2.24, 2.45) is 0 Å². The number of alkyl halides is 3. The van der Waals surface area contributed by atoms with Gasteiger partial charge in [0.15, 0.2) is 5.13 Å². The van der Waals surface area contributed by atoms with Crippen LogP contribution in [0.4, 0.5) is 18.3 Å². The number of anilines is 1. The third kappa shape index (κ3) is 5.28. The molecule has 0 spiro atoms. The Kier molecular flexibility index (Phi) is 6.78. The lowest BCUT2D eigenvalue weighted by Crippen LogP contribution is -2.39. The number of benzene rings is 2. The fourth-order valence-electron chi connectivity index (χ4n) is 3.65. The van der Waals surface area contributed by atoms with Crippen molar-refractivity contribution >= 4 is 32.6 Å². The van der Waals surface area contributed by atoms with E-state index >= 15 is 0 Å². The van der Waals surface area contributed by atoms with Gasteiger partial charge in [0.2, 0.25) is 0 Å². The summed E-state index contributed by atoms with van der Waals surface area (Å²) >= 11 is 1.42. The topological polar surface area (TPSA) is 45.7 Å². The summed E-state index contributed by atoms with van der Waals surface area (Å²) in [5, 5.41) is 0.553. The number of nitrogens with zero attached hydrogens (tertiary/aromatic N) is 3. The van der Waals surface area contributed by atoms with Gasteiger partial charge in [0, 0.05) is 31.7 Å². The van der Waals surface area contributed by atoms with Crippen molar-refractivity contribution in [1.29, 1.82) is 0 Å². The van der Waals surface area contributed by atoms with Crippen molar-refractivity contribution in [3.8, 4) is 0 Å². The van der Waals surface area contributed by atoms with Crippen LogP contribution in [0.3, 0.4) is 0 Å². The monoisotopic (exact) mass is 463 g/mol. The number of carbonyl (C=O) groups excluding carboxylic acids is 1. The Balaban J connectivity index is 1.57. The van der Waals surface area contributed by atoms with Gasteiger partial charge in [0.25, 0.3) is 5.91 Å². The Morgan fingerprint density at radius 2 is 1.88 bits per heavy atom. The smallest absolute Gasteiger partial charge is 0.379 e. The van der Waals surface area contributed by atoms with Crippen LogP contribution in [-0.2, 0) is 10.9 Å². The van der Waals surface area contributed by atoms with Gasteiger partial charge in [-0.1, -0.05) is 17.4 Å². The second kappa shape index (κ2) is 9.56. The second-order valence-corrected chi connectivity index (χ2v) is 8.82. The van der Waals surface area contributed by atoms with Gasteiger partial charge in [0.05, 0.1) is 29.0 Å². The van der Waals surface area contributed by atoms with E-state index in [1.165, 1.54) is 23.5 Å². The number of hydrogen-bond donors (Lipinski definition) is 0. The molecule has 0 atom stereocenters. The van der Waals surface area contributed by atoms with Gasteiger partial charge in [0.1, 0.15) is 0 Å². The minimum absolute atomic E-state index is 0.208. The maximum absolute atomic E-state index is 13.3. The van der Waals surface area contributed by atoms with Crippen molar-refractivity contribution in [2.45, 2.75) is 19.5 Å². The van der Waals surface area contributed by atoms with Gasteiger partial charge in [-0.2, -0.15) is 13.2 Å². The van der Waals surface area contributed by atoms with Crippen molar-refractivity contribution in [3.63, 3.8) is 0 Å². The molecule has 170 valence electrons. The van der Waals surface area contributed by atoms with Crippen molar-refractivity contribution in [1.82, 2.24) is 9.88 Å². The molecule has 1 aliphatic heterocycles. The minimum atomic E-state index is -4.44. The summed E-state index contributed by atoms with van der Waals surface area (Å²) in [5.74, 6) is -0.350.